The number of thioether (sulfide) groups is 1. The van der Waals surface area contributed by atoms with Gasteiger partial charge in [-0.3, -0.25) is 4.79 Å². The van der Waals surface area contributed by atoms with Crippen LogP contribution in [0, 0.1) is 20.8 Å². The van der Waals surface area contributed by atoms with Gasteiger partial charge < -0.3 is 10.1 Å². The van der Waals surface area contributed by atoms with Crippen LogP contribution in [0.1, 0.15) is 27.8 Å². The van der Waals surface area contributed by atoms with Crippen LogP contribution in [0.2, 0.25) is 0 Å². The van der Waals surface area contributed by atoms with Crippen molar-refractivity contribution in [2.24, 2.45) is 0 Å². The van der Waals surface area contributed by atoms with Crippen LogP contribution in [0.3, 0.4) is 0 Å². The molecule has 0 aliphatic carbocycles. The number of nitrogens with zero attached hydrogens (tertiary/aromatic N) is 2. The minimum Gasteiger partial charge on any atom is -0.438 e. The summed E-state index contributed by atoms with van der Waals surface area (Å²) in [6, 6.07) is 22.0. The zero-order valence-corrected chi connectivity index (χ0v) is 20.2. The van der Waals surface area contributed by atoms with Gasteiger partial charge in [0.2, 0.25) is 11.8 Å². The molecule has 0 radical (unpaired) electrons. The van der Waals surface area contributed by atoms with E-state index in [4.69, 9.17) is 14.7 Å². The second kappa shape index (κ2) is 9.31. The van der Waals surface area contributed by atoms with Gasteiger partial charge in [-0.1, -0.05) is 71.9 Å². The monoisotopic (exact) mass is 467 g/mol. The van der Waals surface area contributed by atoms with E-state index in [1.807, 2.05) is 87.5 Å². The third-order valence-corrected chi connectivity index (χ3v) is 7.02. The lowest BCUT2D eigenvalue weighted by Gasteiger charge is -2.21. The molecule has 170 valence electrons. The number of ether oxygens (including phenoxy) is 1. The van der Waals surface area contributed by atoms with Gasteiger partial charge in [-0.2, -0.15) is 4.98 Å². The number of amides is 1. The molecule has 6 heteroatoms. The van der Waals surface area contributed by atoms with Gasteiger partial charge in [0.15, 0.2) is 5.82 Å². The molecule has 34 heavy (non-hydrogen) atoms. The van der Waals surface area contributed by atoms with Crippen molar-refractivity contribution in [3.05, 3.63) is 94.5 Å². The largest absolute Gasteiger partial charge is 0.438 e. The van der Waals surface area contributed by atoms with Gasteiger partial charge in [0.05, 0.1) is 11.3 Å². The molecule has 0 spiro atoms. The number of nitrogens with one attached hydrogen (secondary N) is 1. The summed E-state index contributed by atoms with van der Waals surface area (Å²) in [5.74, 6) is 2.13. The molecule has 5 rings (SSSR count). The van der Waals surface area contributed by atoms with E-state index in [0.29, 0.717) is 18.1 Å². The van der Waals surface area contributed by atoms with Crippen LogP contribution in [-0.2, 0) is 11.2 Å². The van der Waals surface area contributed by atoms with Crippen molar-refractivity contribution in [1.29, 1.82) is 0 Å². The molecular formula is C28H25N3O2S. The minimum absolute atomic E-state index is 0.0694. The quantitative estimate of drug-likeness (QED) is 0.236. The normalized spacial score (nSPS) is 11.9. The van der Waals surface area contributed by atoms with Gasteiger partial charge in [-0.05, 0) is 49.6 Å². The Labute approximate surface area is 203 Å². The van der Waals surface area contributed by atoms with Crippen LogP contribution in [0.15, 0.2) is 71.8 Å². The Bertz CT molecular complexity index is 1380. The van der Waals surface area contributed by atoms with Gasteiger partial charge in [-0.15, -0.1) is 0 Å². The fourth-order valence-corrected chi connectivity index (χ4v) is 4.71. The van der Waals surface area contributed by atoms with Gasteiger partial charge in [-0.25, -0.2) is 4.98 Å². The molecule has 4 aromatic rings. The second-order valence-electron chi connectivity index (χ2n) is 8.47. The van der Waals surface area contributed by atoms with Gasteiger partial charge in [0, 0.05) is 17.7 Å². The molecule has 0 bridgehead atoms. The number of aromatic nitrogens is 2. The van der Waals surface area contributed by atoms with Gasteiger partial charge in [0.1, 0.15) is 10.8 Å². The smallest absolute Gasteiger partial charge is 0.234 e. The molecule has 0 atom stereocenters. The van der Waals surface area contributed by atoms with Crippen molar-refractivity contribution in [3.8, 4) is 23.0 Å². The summed E-state index contributed by atoms with van der Waals surface area (Å²) >= 11 is 1.42. The summed E-state index contributed by atoms with van der Waals surface area (Å²) < 4.78 is 6.17. The van der Waals surface area contributed by atoms with Gasteiger partial charge in [0.25, 0.3) is 0 Å². The summed E-state index contributed by atoms with van der Waals surface area (Å²) in [6.07, 6.45) is 0.667. The lowest BCUT2D eigenvalue weighted by atomic mass is 10.0. The van der Waals surface area contributed by atoms with Crippen molar-refractivity contribution in [2.75, 3.05) is 11.1 Å². The van der Waals surface area contributed by atoms with Crippen LogP contribution >= 0.6 is 11.8 Å². The van der Waals surface area contributed by atoms with Crippen molar-refractivity contribution in [1.82, 2.24) is 9.97 Å². The summed E-state index contributed by atoms with van der Waals surface area (Å²) in [5, 5.41) is 3.80. The summed E-state index contributed by atoms with van der Waals surface area (Å²) in [6.45, 7) is 6.10. The number of benzene rings is 3. The number of fused-ring (bicyclic) bond motifs is 2. The van der Waals surface area contributed by atoms with E-state index in [0.717, 1.165) is 44.3 Å². The first-order valence-electron chi connectivity index (χ1n) is 11.2. The topological polar surface area (TPSA) is 64.1 Å². The van der Waals surface area contributed by atoms with Crippen molar-refractivity contribution < 1.29 is 9.53 Å². The summed E-state index contributed by atoms with van der Waals surface area (Å²) in [4.78, 5) is 22.4. The maximum Gasteiger partial charge on any atom is 0.234 e. The zero-order chi connectivity index (χ0) is 23.7. The Morgan fingerprint density at radius 3 is 2.59 bits per heavy atom. The highest BCUT2D eigenvalue weighted by molar-refractivity contribution is 8.00. The molecule has 1 aliphatic heterocycles. The molecule has 5 nitrogen and oxygen atoms in total. The molecule has 2 heterocycles. The molecule has 1 amide bonds. The Balaban J connectivity index is 1.44. The van der Waals surface area contributed by atoms with Crippen LogP contribution in [0.4, 0.5) is 5.69 Å². The third-order valence-electron chi connectivity index (χ3n) is 6.01. The molecule has 0 fully saturated rings. The molecule has 0 unspecified atom stereocenters. The molecule has 3 aromatic carbocycles. The highest BCUT2D eigenvalue weighted by Crippen LogP contribution is 2.40. The lowest BCUT2D eigenvalue weighted by molar-refractivity contribution is -0.113. The van der Waals surface area contributed by atoms with Crippen molar-refractivity contribution >= 4 is 23.4 Å². The number of hydrogen-bond donors (Lipinski definition) is 1. The van der Waals surface area contributed by atoms with Crippen LogP contribution in [0.5, 0.6) is 11.6 Å². The number of para-hydroxylation sites is 1. The van der Waals surface area contributed by atoms with E-state index < -0.39 is 0 Å². The fourth-order valence-electron chi connectivity index (χ4n) is 3.88. The number of carbonyl (C=O) groups is 1. The van der Waals surface area contributed by atoms with E-state index in [1.165, 1.54) is 17.3 Å². The Hall–Kier alpha value is -3.64. The second-order valence-corrected chi connectivity index (χ2v) is 9.44. The van der Waals surface area contributed by atoms with E-state index in [-0.39, 0.29) is 11.7 Å². The molecule has 1 aromatic heterocycles. The number of anilines is 1. The molecular weight excluding hydrogens is 442 g/mol. The number of hydrogen-bond acceptors (Lipinski definition) is 5. The van der Waals surface area contributed by atoms with E-state index in [9.17, 15) is 4.79 Å². The Morgan fingerprint density at radius 1 is 0.971 bits per heavy atom. The number of aryl methyl sites for hydroxylation is 2. The SMILES string of the molecule is Cc1ccc(-c2nc3c(c(SCC(=O)Nc4cccc(C)c4C)n2)Cc2ccccc2O3)cc1. The van der Waals surface area contributed by atoms with Gasteiger partial charge >= 0.3 is 0 Å². The molecule has 0 saturated heterocycles. The summed E-state index contributed by atoms with van der Waals surface area (Å²) in [5.41, 5.74) is 7.15. The maximum atomic E-state index is 12.8. The average Bonchev–Trinajstić information content (AvgIpc) is 2.84. The maximum absolute atomic E-state index is 12.8. The van der Waals surface area contributed by atoms with Crippen LogP contribution in [-0.4, -0.2) is 21.6 Å². The van der Waals surface area contributed by atoms with E-state index in [1.54, 1.807) is 0 Å². The first-order chi connectivity index (χ1) is 16.5. The van der Waals surface area contributed by atoms with Crippen LogP contribution < -0.4 is 10.1 Å². The first-order valence-corrected chi connectivity index (χ1v) is 12.2. The third kappa shape index (κ3) is 4.54. The van der Waals surface area contributed by atoms with E-state index in [2.05, 4.69) is 5.32 Å². The Kier molecular flexibility index (Phi) is 6.07. The van der Waals surface area contributed by atoms with Crippen molar-refractivity contribution in [2.45, 2.75) is 32.2 Å². The number of rotatable bonds is 5. The first kappa shape index (κ1) is 22.2. The zero-order valence-electron chi connectivity index (χ0n) is 19.4. The molecule has 1 aliphatic rings. The lowest BCUT2D eigenvalue weighted by Crippen LogP contribution is -2.16. The predicted octanol–water partition coefficient (Wildman–Crippen LogP) is 6.50. The average molecular weight is 468 g/mol. The van der Waals surface area contributed by atoms with E-state index >= 15 is 0 Å². The fraction of sp³-hybridized carbons (Fsp3) is 0.179. The number of carbonyl (C=O) groups excluding carboxylic acids is 1. The van der Waals surface area contributed by atoms with Crippen molar-refractivity contribution in [3.63, 3.8) is 0 Å². The summed E-state index contributed by atoms with van der Waals surface area (Å²) in [7, 11) is 0. The standard InChI is InChI=1S/C28H25N3O2S/c1-17-11-13-20(14-12-17)26-30-27-22(15-21-8-4-5-10-24(21)33-27)28(31-26)34-16-25(32)29-23-9-6-7-18(2)19(23)3/h4-14H,15-16H2,1-3H3,(H,29,32). The molecule has 1 N–H and O–H groups in total. The van der Waals surface area contributed by atoms with Crippen LogP contribution in [0.25, 0.3) is 11.4 Å². The predicted molar refractivity (Wildman–Crippen MR) is 137 cm³/mol. The molecule has 0 saturated carbocycles. The highest BCUT2D eigenvalue weighted by Gasteiger charge is 2.24. The highest BCUT2D eigenvalue weighted by atomic mass is 32.2. The minimum atomic E-state index is -0.0694. The Morgan fingerprint density at radius 2 is 1.76 bits per heavy atom.